The highest BCUT2D eigenvalue weighted by Crippen LogP contribution is 2.27. The van der Waals surface area contributed by atoms with E-state index in [1.807, 2.05) is 0 Å². The van der Waals surface area contributed by atoms with Gasteiger partial charge in [-0.25, -0.2) is 13.8 Å². The number of hydrogen-bond donors (Lipinski definition) is 1. The lowest BCUT2D eigenvalue weighted by molar-refractivity contribution is -0.136. The summed E-state index contributed by atoms with van der Waals surface area (Å²) >= 11 is 0. The third-order valence-corrected chi connectivity index (χ3v) is 1.97. The maximum Gasteiger partial charge on any atom is 0.309 e. The van der Waals surface area contributed by atoms with E-state index in [-0.39, 0.29) is 17.1 Å². The van der Waals surface area contributed by atoms with Crippen LogP contribution < -0.4 is 4.74 Å². The van der Waals surface area contributed by atoms with Gasteiger partial charge in [0.05, 0.1) is 19.2 Å². The number of aliphatic carboxylic acids is 1. The molecule has 0 atom stereocenters. The average Bonchev–Trinajstić information content (AvgIpc) is 2.27. The number of carbonyl (C=O) groups is 1. The number of pyridine rings is 1. The first-order valence-corrected chi connectivity index (χ1v) is 4.47. The first-order chi connectivity index (χ1) is 7.99. The number of aromatic nitrogens is 1. The molecule has 0 bridgehead atoms. The topological polar surface area (TPSA) is 83.2 Å². The number of rotatable bonds is 4. The lowest BCUT2D eigenvalue weighted by atomic mass is 10.1. The van der Waals surface area contributed by atoms with E-state index in [1.54, 1.807) is 6.07 Å². The van der Waals surface area contributed by atoms with Crippen molar-refractivity contribution in [2.45, 2.75) is 12.8 Å². The fourth-order valence-corrected chi connectivity index (χ4v) is 1.26. The van der Waals surface area contributed by atoms with Gasteiger partial charge in [0, 0.05) is 5.56 Å². The molecular formula is C10H8F2N2O3. The van der Waals surface area contributed by atoms with Crippen molar-refractivity contribution in [1.29, 1.82) is 5.26 Å². The number of nitriles is 1. The summed E-state index contributed by atoms with van der Waals surface area (Å²) in [6, 6.07) is 2.55. The van der Waals surface area contributed by atoms with Gasteiger partial charge in [-0.2, -0.15) is 5.26 Å². The van der Waals surface area contributed by atoms with Crippen LogP contribution in [0.3, 0.4) is 0 Å². The van der Waals surface area contributed by atoms with E-state index in [2.05, 4.69) is 4.98 Å². The highest BCUT2D eigenvalue weighted by molar-refractivity contribution is 5.70. The van der Waals surface area contributed by atoms with Crippen LogP contribution in [0.4, 0.5) is 8.78 Å². The second-order valence-corrected chi connectivity index (χ2v) is 3.06. The molecule has 7 heteroatoms. The van der Waals surface area contributed by atoms with Crippen LogP contribution in [0.15, 0.2) is 6.07 Å². The van der Waals surface area contributed by atoms with Crippen LogP contribution in [0.2, 0.25) is 0 Å². The fourth-order valence-electron chi connectivity index (χ4n) is 1.26. The van der Waals surface area contributed by atoms with E-state index in [1.165, 1.54) is 7.11 Å². The summed E-state index contributed by atoms with van der Waals surface area (Å²) in [6.07, 6.45) is -3.54. The molecule has 0 aromatic carbocycles. The molecule has 0 amide bonds. The Morgan fingerprint density at radius 1 is 1.71 bits per heavy atom. The SMILES string of the molecule is COc1nc(CC(=O)O)c(C(F)F)cc1C#N. The van der Waals surface area contributed by atoms with Crippen molar-refractivity contribution in [3.05, 3.63) is 22.9 Å². The maximum absolute atomic E-state index is 12.6. The molecule has 0 aliphatic carbocycles. The van der Waals surface area contributed by atoms with Gasteiger partial charge >= 0.3 is 5.97 Å². The van der Waals surface area contributed by atoms with Crippen molar-refractivity contribution >= 4 is 5.97 Å². The fraction of sp³-hybridized carbons (Fsp3) is 0.300. The summed E-state index contributed by atoms with van der Waals surface area (Å²) < 4.78 is 30.0. The van der Waals surface area contributed by atoms with Crippen LogP contribution in [0.5, 0.6) is 5.88 Å². The van der Waals surface area contributed by atoms with Crippen LogP contribution in [0.25, 0.3) is 0 Å². The molecule has 1 N–H and O–H groups in total. The first kappa shape index (κ1) is 12.8. The molecule has 1 heterocycles. The minimum Gasteiger partial charge on any atom is -0.481 e. The number of alkyl halides is 2. The smallest absolute Gasteiger partial charge is 0.309 e. The van der Waals surface area contributed by atoms with Gasteiger partial charge < -0.3 is 9.84 Å². The molecule has 0 aliphatic heterocycles. The van der Waals surface area contributed by atoms with Gasteiger partial charge in [-0.15, -0.1) is 0 Å². The van der Waals surface area contributed by atoms with Gasteiger partial charge in [0.15, 0.2) is 0 Å². The zero-order chi connectivity index (χ0) is 13.0. The van der Waals surface area contributed by atoms with Crippen LogP contribution >= 0.6 is 0 Å². The van der Waals surface area contributed by atoms with Gasteiger partial charge in [-0.05, 0) is 6.07 Å². The highest BCUT2D eigenvalue weighted by atomic mass is 19.3. The minimum atomic E-state index is -2.89. The Bertz CT molecular complexity index is 483. The van der Waals surface area contributed by atoms with E-state index in [0.29, 0.717) is 0 Å². The number of ether oxygens (including phenoxy) is 1. The van der Waals surface area contributed by atoms with E-state index >= 15 is 0 Å². The molecule has 17 heavy (non-hydrogen) atoms. The summed E-state index contributed by atoms with van der Waals surface area (Å²) in [5.41, 5.74) is -1.02. The lowest BCUT2D eigenvalue weighted by Crippen LogP contribution is -2.08. The summed E-state index contributed by atoms with van der Waals surface area (Å²) in [4.78, 5) is 14.1. The molecule has 0 aliphatic rings. The van der Waals surface area contributed by atoms with E-state index in [9.17, 15) is 13.6 Å². The zero-order valence-corrected chi connectivity index (χ0v) is 8.78. The Hall–Kier alpha value is -2.23. The predicted octanol–water partition coefficient (Wildman–Crippen LogP) is 1.53. The largest absolute Gasteiger partial charge is 0.481 e. The Morgan fingerprint density at radius 3 is 2.76 bits per heavy atom. The molecule has 0 spiro atoms. The average molecular weight is 242 g/mol. The molecule has 1 rings (SSSR count). The third kappa shape index (κ3) is 2.87. The van der Waals surface area contributed by atoms with Crippen molar-refractivity contribution in [1.82, 2.24) is 4.98 Å². The van der Waals surface area contributed by atoms with Gasteiger partial charge in [-0.3, -0.25) is 4.79 Å². The van der Waals surface area contributed by atoms with E-state index < -0.39 is 24.4 Å². The van der Waals surface area contributed by atoms with Gasteiger partial charge in [0.25, 0.3) is 6.43 Å². The van der Waals surface area contributed by atoms with Crippen molar-refractivity contribution in [2.24, 2.45) is 0 Å². The third-order valence-electron chi connectivity index (χ3n) is 1.97. The number of methoxy groups -OCH3 is 1. The first-order valence-electron chi connectivity index (χ1n) is 4.47. The zero-order valence-electron chi connectivity index (χ0n) is 8.78. The van der Waals surface area contributed by atoms with Gasteiger partial charge in [-0.1, -0.05) is 0 Å². The summed E-state index contributed by atoms with van der Waals surface area (Å²) in [5.74, 6) is -1.45. The Kier molecular flexibility index (Phi) is 3.93. The van der Waals surface area contributed by atoms with Gasteiger partial charge in [0.1, 0.15) is 11.6 Å². The second kappa shape index (κ2) is 5.21. The van der Waals surface area contributed by atoms with Gasteiger partial charge in [0.2, 0.25) is 5.88 Å². The number of hydrogen-bond acceptors (Lipinski definition) is 4. The normalized spacial score (nSPS) is 10.1. The number of carboxylic acids is 1. The van der Waals surface area contributed by atoms with E-state index in [0.717, 1.165) is 6.07 Å². The highest BCUT2D eigenvalue weighted by Gasteiger charge is 2.20. The Labute approximate surface area is 95.3 Å². The maximum atomic E-state index is 12.6. The molecule has 1 aromatic rings. The lowest BCUT2D eigenvalue weighted by Gasteiger charge is -2.09. The predicted molar refractivity (Wildman–Crippen MR) is 51.8 cm³/mol. The van der Waals surface area contributed by atoms with Crippen LogP contribution in [0.1, 0.15) is 23.2 Å². The standard InChI is InChI=1S/C10H8F2N2O3/c1-17-10-5(4-13)2-6(9(11)12)7(14-10)3-8(15)16/h2,9H,3H2,1H3,(H,15,16). The van der Waals surface area contributed by atoms with Crippen LogP contribution in [0, 0.1) is 11.3 Å². The van der Waals surface area contributed by atoms with Crippen molar-refractivity contribution in [3.63, 3.8) is 0 Å². The number of halogens is 2. The molecular weight excluding hydrogens is 234 g/mol. The minimum absolute atomic E-state index is 0.156. The molecule has 0 saturated heterocycles. The molecule has 90 valence electrons. The molecule has 0 unspecified atom stereocenters. The van der Waals surface area contributed by atoms with Crippen molar-refractivity contribution in [2.75, 3.05) is 7.11 Å². The van der Waals surface area contributed by atoms with Crippen molar-refractivity contribution in [3.8, 4) is 11.9 Å². The molecule has 1 aromatic heterocycles. The quantitative estimate of drug-likeness (QED) is 0.865. The molecule has 5 nitrogen and oxygen atoms in total. The van der Waals surface area contributed by atoms with Crippen LogP contribution in [-0.2, 0) is 11.2 Å². The Morgan fingerprint density at radius 2 is 2.35 bits per heavy atom. The van der Waals surface area contributed by atoms with Crippen LogP contribution in [-0.4, -0.2) is 23.2 Å². The van der Waals surface area contributed by atoms with Crippen molar-refractivity contribution < 1.29 is 23.4 Å². The second-order valence-electron chi connectivity index (χ2n) is 3.06. The van der Waals surface area contributed by atoms with E-state index in [4.69, 9.17) is 15.1 Å². The molecule has 0 saturated carbocycles. The monoisotopic (exact) mass is 242 g/mol. The number of nitrogens with zero attached hydrogens (tertiary/aromatic N) is 2. The summed E-state index contributed by atoms with van der Waals surface area (Å²) in [5, 5.41) is 17.3. The molecule has 0 radical (unpaired) electrons. The number of carboxylic acid groups (broad SMARTS) is 1. The summed E-state index contributed by atoms with van der Waals surface area (Å²) in [7, 11) is 1.22. The molecule has 0 fully saturated rings. The Balaban J connectivity index is 3.36. The summed E-state index contributed by atoms with van der Waals surface area (Å²) in [6.45, 7) is 0.